The number of rotatable bonds is 7. The highest BCUT2D eigenvalue weighted by atomic mass is 32.2. The third-order valence-electron chi connectivity index (χ3n) is 9.18. The SMILES string of the molecule is C/C1=C/C(c2[nH]c3ccc(C4CCN(CCS(=O)(=O)c5ccccc5)CC4)cc3c2C(C)C)=C\CCC2CC1=NC=N2. The molecule has 0 amide bonds. The third-order valence-corrected chi connectivity index (χ3v) is 10.9. The molecule has 1 aliphatic carbocycles. The number of H-pyrrole nitrogens is 1. The molecule has 6 nitrogen and oxygen atoms in total. The van der Waals surface area contributed by atoms with Crippen LogP contribution in [0.2, 0.25) is 0 Å². The van der Waals surface area contributed by atoms with E-state index < -0.39 is 9.84 Å². The van der Waals surface area contributed by atoms with E-state index in [-0.39, 0.29) is 5.75 Å². The van der Waals surface area contributed by atoms with Crippen molar-refractivity contribution in [2.24, 2.45) is 9.98 Å². The van der Waals surface area contributed by atoms with Crippen LogP contribution in [0.5, 0.6) is 0 Å². The summed E-state index contributed by atoms with van der Waals surface area (Å²) in [5.41, 5.74) is 8.81. The van der Waals surface area contributed by atoms with Crippen LogP contribution >= 0.6 is 0 Å². The summed E-state index contributed by atoms with van der Waals surface area (Å²) in [6.07, 6.45) is 11.5. The van der Waals surface area contributed by atoms with Gasteiger partial charge in [-0.25, -0.2) is 13.4 Å². The fourth-order valence-electron chi connectivity index (χ4n) is 6.74. The molecule has 2 bridgehead atoms. The van der Waals surface area contributed by atoms with Crippen molar-refractivity contribution in [2.45, 2.75) is 75.6 Å². The predicted octanol–water partition coefficient (Wildman–Crippen LogP) is 7.31. The van der Waals surface area contributed by atoms with Crippen LogP contribution in [0.4, 0.5) is 0 Å². The van der Waals surface area contributed by atoms with Crippen molar-refractivity contribution in [3.05, 3.63) is 83.1 Å². The van der Waals surface area contributed by atoms with E-state index in [1.54, 1.807) is 30.6 Å². The van der Waals surface area contributed by atoms with Gasteiger partial charge in [-0.2, -0.15) is 0 Å². The van der Waals surface area contributed by atoms with Gasteiger partial charge in [-0.3, -0.25) is 4.99 Å². The molecule has 0 saturated carbocycles. The Kier molecular flexibility index (Phi) is 8.33. The summed E-state index contributed by atoms with van der Waals surface area (Å²) in [7, 11) is -3.25. The summed E-state index contributed by atoms with van der Waals surface area (Å²) in [4.78, 5) is 15.7. The molecule has 6 rings (SSSR count). The predicted molar refractivity (Wildman–Crippen MR) is 175 cm³/mol. The van der Waals surface area contributed by atoms with Gasteiger partial charge in [0, 0.05) is 35.3 Å². The minimum atomic E-state index is -3.25. The van der Waals surface area contributed by atoms with Crippen molar-refractivity contribution in [1.29, 1.82) is 0 Å². The van der Waals surface area contributed by atoms with E-state index in [2.05, 4.69) is 71.0 Å². The number of aliphatic imine (C=N–C) groups is 2. The Hall–Kier alpha value is -3.29. The number of fused-ring (bicyclic) bond motifs is 3. The molecule has 1 unspecified atom stereocenters. The maximum Gasteiger partial charge on any atom is 0.179 e. The second kappa shape index (κ2) is 12.1. The molecule has 2 aliphatic heterocycles. The number of likely N-dealkylation sites (tertiary alicyclic amines) is 1. The summed E-state index contributed by atoms with van der Waals surface area (Å²) in [5.74, 6) is 1.03. The number of hydrogen-bond acceptors (Lipinski definition) is 5. The van der Waals surface area contributed by atoms with Crippen molar-refractivity contribution in [3.63, 3.8) is 0 Å². The molecule has 220 valence electrons. The molecule has 1 atom stereocenters. The van der Waals surface area contributed by atoms with E-state index in [0.29, 0.717) is 29.3 Å². The fourth-order valence-corrected chi connectivity index (χ4v) is 8.05. The van der Waals surface area contributed by atoms with E-state index >= 15 is 0 Å². The topological polar surface area (TPSA) is 77.9 Å². The first-order chi connectivity index (χ1) is 20.3. The van der Waals surface area contributed by atoms with Gasteiger partial charge in [0.1, 0.15) is 6.34 Å². The van der Waals surface area contributed by atoms with Crippen LogP contribution in [-0.2, 0) is 9.84 Å². The Morgan fingerprint density at radius 3 is 2.60 bits per heavy atom. The smallest absolute Gasteiger partial charge is 0.179 e. The lowest BCUT2D eigenvalue weighted by atomic mass is 9.87. The zero-order valence-corrected chi connectivity index (χ0v) is 25.8. The van der Waals surface area contributed by atoms with Gasteiger partial charge in [0.05, 0.1) is 16.7 Å². The summed E-state index contributed by atoms with van der Waals surface area (Å²) in [6.45, 7) is 9.19. The standard InChI is InChI=1S/C35H42N4O2S/c1-24(2)34-31-21-27(26-14-16-39(17-15-26)18-19-42(40,41)30-10-5-4-6-11-30)12-13-32(31)38-35(34)28-8-7-9-29-22-33(25(3)20-28)37-23-36-29/h4-6,8,10-13,20-21,23-24,26,29,38H,7,9,14-19,22H2,1-3H3/b25-20-,28-8+. The normalized spacial score (nSPS) is 23.0. The molecule has 3 heterocycles. The van der Waals surface area contributed by atoms with E-state index in [1.807, 2.05) is 6.07 Å². The molecule has 1 N–H and O–H groups in total. The van der Waals surface area contributed by atoms with Gasteiger partial charge in [-0.15, -0.1) is 0 Å². The first kappa shape index (κ1) is 28.8. The van der Waals surface area contributed by atoms with E-state index in [0.717, 1.165) is 50.9 Å². The van der Waals surface area contributed by atoms with Gasteiger partial charge in [0.2, 0.25) is 0 Å². The number of allylic oxidation sites excluding steroid dienone is 4. The summed E-state index contributed by atoms with van der Waals surface area (Å²) in [5, 5.41) is 1.32. The molecule has 1 aromatic heterocycles. The second-order valence-corrected chi connectivity index (χ2v) is 14.5. The van der Waals surface area contributed by atoms with Crippen molar-refractivity contribution in [3.8, 4) is 0 Å². The number of benzene rings is 2. The van der Waals surface area contributed by atoms with E-state index in [1.165, 1.54) is 38.9 Å². The average molecular weight is 583 g/mol. The molecule has 42 heavy (non-hydrogen) atoms. The monoisotopic (exact) mass is 582 g/mol. The first-order valence-corrected chi connectivity index (χ1v) is 17.1. The number of sulfone groups is 1. The highest BCUT2D eigenvalue weighted by molar-refractivity contribution is 7.91. The number of nitrogens with one attached hydrogen (secondary N) is 1. The maximum absolute atomic E-state index is 12.8. The molecule has 7 heteroatoms. The molecule has 1 fully saturated rings. The zero-order chi connectivity index (χ0) is 29.3. The highest BCUT2D eigenvalue weighted by Crippen LogP contribution is 2.38. The van der Waals surface area contributed by atoms with Crippen LogP contribution in [0.1, 0.15) is 81.5 Å². The summed E-state index contributed by atoms with van der Waals surface area (Å²) in [6, 6.07) is 16.1. The van der Waals surface area contributed by atoms with E-state index in [9.17, 15) is 8.42 Å². The molecular weight excluding hydrogens is 540 g/mol. The summed E-state index contributed by atoms with van der Waals surface area (Å²) < 4.78 is 25.5. The summed E-state index contributed by atoms with van der Waals surface area (Å²) >= 11 is 0. The number of piperidine rings is 1. The van der Waals surface area contributed by atoms with Crippen LogP contribution in [-0.4, -0.2) is 61.8 Å². The molecule has 0 radical (unpaired) electrons. The van der Waals surface area contributed by atoms with Gasteiger partial charge < -0.3 is 9.88 Å². The number of aromatic nitrogens is 1. The van der Waals surface area contributed by atoms with Crippen molar-refractivity contribution >= 4 is 38.4 Å². The molecule has 1 saturated heterocycles. The maximum atomic E-state index is 12.8. The van der Waals surface area contributed by atoms with Crippen LogP contribution in [0.3, 0.4) is 0 Å². The lowest BCUT2D eigenvalue weighted by molar-refractivity contribution is 0.223. The van der Waals surface area contributed by atoms with Gasteiger partial charge in [0.15, 0.2) is 9.84 Å². The molecular formula is C35H42N4O2S. The van der Waals surface area contributed by atoms with Gasteiger partial charge >= 0.3 is 0 Å². The molecule has 3 aliphatic rings. The van der Waals surface area contributed by atoms with Gasteiger partial charge in [-0.05, 0) is 110 Å². The third kappa shape index (κ3) is 6.09. The van der Waals surface area contributed by atoms with Crippen molar-refractivity contribution in [2.75, 3.05) is 25.4 Å². The van der Waals surface area contributed by atoms with Crippen LogP contribution in [0, 0.1) is 0 Å². The number of aromatic amines is 1. The number of nitrogens with zero attached hydrogens (tertiary/aromatic N) is 3. The zero-order valence-electron chi connectivity index (χ0n) is 25.0. The number of hydrogen-bond donors (Lipinski definition) is 1. The van der Waals surface area contributed by atoms with Gasteiger partial charge in [0.25, 0.3) is 0 Å². The van der Waals surface area contributed by atoms with Crippen LogP contribution < -0.4 is 0 Å². The largest absolute Gasteiger partial charge is 0.354 e. The Morgan fingerprint density at radius 1 is 1.05 bits per heavy atom. The van der Waals surface area contributed by atoms with Crippen molar-refractivity contribution < 1.29 is 8.42 Å². The van der Waals surface area contributed by atoms with E-state index in [4.69, 9.17) is 0 Å². The van der Waals surface area contributed by atoms with Crippen LogP contribution in [0.25, 0.3) is 16.5 Å². The molecule has 2 aromatic carbocycles. The Bertz CT molecular complexity index is 1670. The average Bonchev–Trinajstić information content (AvgIpc) is 3.41. The molecule has 0 spiro atoms. The first-order valence-electron chi connectivity index (χ1n) is 15.4. The fraction of sp³-hybridized carbons (Fsp3) is 0.429. The molecule has 3 aromatic rings. The van der Waals surface area contributed by atoms with Crippen molar-refractivity contribution in [1.82, 2.24) is 9.88 Å². The Morgan fingerprint density at radius 2 is 1.83 bits per heavy atom. The Balaban J connectivity index is 1.20. The van der Waals surface area contributed by atoms with Gasteiger partial charge in [-0.1, -0.05) is 44.2 Å². The van der Waals surface area contributed by atoms with Crippen LogP contribution in [0.15, 0.2) is 81.1 Å². The lowest BCUT2D eigenvalue weighted by Gasteiger charge is -2.32. The second-order valence-electron chi connectivity index (χ2n) is 12.4. The Labute approximate surface area is 250 Å². The minimum Gasteiger partial charge on any atom is -0.354 e. The minimum absolute atomic E-state index is 0.169. The lowest BCUT2D eigenvalue weighted by Crippen LogP contribution is -2.36. The highest BCUT2D eigenvalue weighted by Gasteiger charge is 2.25. The quantitative estimate of drug-likeness (QED) is 0.317.